The zero-order valence-corrected chi connectivity index (χ0v) is 9.95. The average Bonchev–Trinajstić information content (AvgIpc) is 2.21. The van der Waals surface area contributed by atoms with Crippen LogP contribution in [0.25, 0.3) is 0 Å². The summed E-state index contributed by atoms with van der Waals surface area (Å²) in [5.41, 5.74) is 2.47. The maximum absolute atomic E-state index is 12.0. The fourth-order valence-corrected chi connectivity index (χ4v) is 1.64. The SMILES string of the molecule is CCCCCCCC(CCC(F)(F)F)NN. The van der Waals surface area contributed by atoms with Crippen LogP contribution in [0.2, 0.25) is 0 Å². The van der Waals surface area contributed by atoms with Gasteiger partial charge in [-0.15, -0.1) is 0 Å². The molecule has 0 aliphatic rings. The van der Waals surface area contributed by atoms with Gasteiger partial charge in [-0.2, -0.15) is 13.2 Å². The molecule has 0 amide bonds. The summed E-state index contributed by atoms with van der Waals surface area (Å²) in [5.74, 6) is 5.23. The molecule has 2 nitrogen and oxygen atoms in total. The first-order valence-corrected chi connectivity index (χ1v) is 6.02. The van der Waals surface area contributed by atoms with Crippen molar-refractivity contribution < 1.29 is 13.2 Å². The smallest absolute Gasteiger partial charge is 0.271 e. The van der Waals surface area contributed by atoms with Crippen molar-refractivity contribution in [1.29, 1.82) is 0 Å². The Balaban J connectivity index is 3.52. The number of rotatable bonds is 9. The van der Waals surface area contributed by atoms with Gasteiger partial charge in [0.2, 0.25) is 0 Å². The first-order valence-electron chi connectivity index (χ1n) is 6.02. The average molecular weight is 240 g/mol. The first kappa shape index (κ1) is 15.7. The third kappa shape index (κ3) is 10.2. The van der Waals surface area contributed by atoms with Crippen LogP contribution in [0.3, 0.4) is 0 Å². The highest BCUT2D eigenvalue weighted by Crippen LogP contribution is 2.23. The largest absolute Gasteiger partial charge is 0.389 e. The van der Waals surface area contributed by atoms with E-state index in [9.17, 15) is 13.2 Å². The normalized spacial score (nSPS) is 14.1. The Morgan fingerprint density at radius 3 is 2.19 bits per heavy atom. The lowest BCUT2D eigenvalue weighted by Crippen LogP contribution is -2.35. The summed E-state index contributed by atoms with van der Waals surface area (Å²) in [6.07, 6.45) is 1.55. The molecule has 0 aromatic rings. The maximum Gasteiger partial charge on any atom is 0.389 e. The Bertz CT molecular complexity index is 160. The topological polar surface area (TPSA) is 38.0 Å². The molecule has 0 heterocycles. The van der Waals surface area contributed by atoms with Crippen molar-refractivity contribution in [2.45, 2.75) is 70.5 Å². The van der Waals surface area contributed by atoms with Crippen LogP contribution < -0.4 is 11.3 Å². The Labute approximate surface area is 95.7 Å². The highest BCUT2D eigenvalue weighted by atomic mass is 19.4. The zero-order valence-electron chi connectivity index (χ0n) is 9.95. The fourth-order valence-electron chi connectivity index (χ4n) is 1.64. The van der Waals surface area contributed by atoms with Gasteiger partial charge in [-0.3, -0.25) is 11.3 Å². The van der Waals surface area contributed by atoms with Gasteiger partial charge in [0.25, 0.3) is 0 Å². The minimum absolute atomic E-state index is 0.0772. The minimum atomic E-state index is -4.07. The van der Waals surface area contributed by atoms with Crippen molar-refractivity contribution in [2.75, 3.05) is 0 Å². The molecule has 1 atom stereocenters. The van der Waals surface area contributed by atoms with Crippen LogP contribution >= 0.6 is 0 Å². The van der Waals surface area contributed by atoms with Crippen LogP contribution in [0.4, 0.5) is 13.2 Å². The van der Waals surface area contributed by atoms with Gasteiger partial charge >= 0.3 is 6.18 Å². The molecule has 0 bridgehead atoms. The predicted octanol–water partition coefficient (Wildman–Crippen LogP) is 3.52. The lowest BCUT2D eigenvalue weighted by atomic mass is 10.0. The van der Waals surface area contributed by atoms with Crippen molar-refractivity contribution in [3.63, 3.8) is 0 Å². The number of hydrogen-bond donors (Lipinski definition) is 2. The molecule has 0 aliphatic heterocycles. The molecule has 0 aliphatic carbocycles. The zero-order chi connectivity index (χ0) is 12.4. The lowest BCUT2D eigenvalue weighted by Gasteiger charge is -2.16. The van der Waals surface area contributed by atoms with Gasteiger partial charge in [0, 0.05) is 12.5 Å². The molecule has 3 N–H and O–H groups in total. The molecule has 0 spiro atoms. The molecule has 0 saturated carbocycles. The molecular formula is C11H23F3N2. The number of hydrazine groups is 1. The number of halogens is 3. The van der Waals surface area contributed by atoms with E-state index in [1.165, 1.54) is 12.8 Å². The summed E-state index contributed by atoms with van der Waals surface area (Å²) in [6, 6.07) is -0.205. The number of unbranched alkanes of at least 4 members (excludes halogenated alkanes) is 4. The van der Waals surface area contributed by atoms with Crippen LogP contribution in [0.1, 0.15) is 58.3 Å². The monoisotopic (exact) mass is 240 g/mol. The van der Waals surface area contributed by atoms with E-state index in [1.54, 1.807) is 0 Å². The van der Waals surface area contributed by atoms with E-state index in [-0.39, 0.29) is 12.5 Å². The van der Waals surface area contributed by atoms with Crippen LogP contribution in [-0.4, -0.2) is 12.2 Å². The van der Waals surface area contributed by atoms with Crippen molar-refractivity contribution in [3.8, 4) is 0 Å². The van der Waals surface area contributed by atoms with Gasteiger partial charge in [0.15, 0.2) is 0 Å². The van der Waals surface area contributed by atoms with Gasteiger partial charge in [0.1, 0.15) is 0 Å². The molecular weight excluding hydrogens is 217 g/mol. The van der Waals surface area contributed by atoms with E-state index in [2.05, 4.69) is 12.3 Å². The summed E-state index contributed by atoms with van der Waals surface area (Å²) >= 11 is 0. The Morgan fingerprint density at radius 2 is 1.69 bits per heavy atom. The van der Waals surface area contributed by atoms with Gasteiger partial charge in [-0.05, 0) is 12.8 Å². The Hall–Kier alpha value is -0.290. The van der Waals surface area contributed by atoms with Gasteiger partial charge in [-0.1, -0.05) is 39.0 Å². The summed E-state index contributed by atoms with van der Waals surface area (Å²) in [6.45, 7) is 2.13. The van der Waals surface area contributed by atoms with Gasteiger partial charge in [0.05, 0.1) is 0 Å². The second-order valence-corrected chi connectivity index (χ2v) is 4.22. The molecule has 98 valence electrons. The molecule has 5 heteroatoms. The number of nitrogens with two attached hydrogens (primary N) is 1. The van der Waals surface area contributed by atoms with Crippen LogP contribution in [0, 0.1) is 0 Å². The third-order valence-electron chi connectivity index (χ3n) is 2.67. The van der Waals surface area contributed by atoms with Crippen molar-refractivity contribution in [3.05, 3.63) is 0 Å². The van der Waals surface area contributed by atoms with E-state index >= 15 is 0 Å². The number of nitrogens with one attached hydrogen (secondary N) is 1. The molecule has 0 rings (SSSR count). The summed E-state index contributed by atoms with van der Waals surface area (Å²) in [5, 5.41) is 0. The predicted molar refractivity (Wildman–Crippen MR) is 59.8 cm³/mol. The maximum atomic E-state index is 12.0. The van der Waals surface area contributed by atoms with Crippen LogP contribution in [0.15, 0.2) is 0 Å². The van der Waals surface area contributed by atoms with Crippen molar-refractivity contribution in [1.82, 2.24) is 5.43 Å². The van der Waals surface area contributed by atoms with Crippen LogP contribution in [-0.2, 0) is 0 Å². The quantitative estimate of drug-likeness (QED) is 0.367. The molecule has 0 radical (unpaired) electrons. The van der Waals surface area contributed by atoms with Crippen molar-refractivity contribution >= 4 is 0 Å². The van der Waals surface area contributed by atoms with Crippen molar-refractivity contribution in [2.24, 2.45) is 5.84 Å². The number of alkyl halides is 3. The second-order valence-electron chi connectivity index (χ2n) is 4.22. The molecule has 0 fully saturated rings. The Kier molecular flexibility index (Phi) is 8.66. The van der Waals surface area contributed by atoms with Gasteiger partial charge < -0.3 is 0 Å². The molecule has 0 aromatic carbocycles. The number of hydrogen-bond acceptors (Lipinski definition) is 2. The van der Waals surface area contributed by atoms with E-state index in [4.69, 9.17) is 5.84 Å². The molecule has 0 saturated heterocycles. The van der Waals surface area contributed by atoms with E-state index in [0.717, 1.165) is 25.7 Å². The summed E-state index contributed by atoms with van der Waals surface area (Å²) in [7, 11) is 0. The molecule has 0 aromatic heterocycles. The summed E-state index contributed by atoms with van der Waals surface area (Å²) in [4.78, 5) is 0. The van der Waals surface area contributed by atoms with Crippen LogP contribution in [0.5, 0.6) is 0 Å². The first-order chi connectivity index (χ1) is 7.49. The fraction of sp³-hybridized carbons (Fsp3) is 1.00. The molecule has 16 heavy (non-hydrogen) atoms. The minimum Gasteiger partial charge on any atom is -0.271 e. The highest BCUT2D eigenvalue weighted by Gasteiger charge is 2.27. The second kappa shape index (κ2) is 8.82. The highest BCUT2D eigenvalue weighted by molar-refractivity contribution is 4.66. The van der Waals surface area contributed by atoms with E-state index < -0.39 is 12.6 Å². The standard InChI is InChI=1S/C11H23F3N2/c1-2-3-4-5-6-7-10(16-15)8-9-11(12,13)14/h10,16H,2-9,15H2,1H3. The third-order valence-corrected chi connectivity index (χ3v) is 2.67. The lowest BCUT2D eigenvalue weighted by molar-refractivity contribution is -0.136. The van der Waals surface area contributed by atoms with E-state index in [1.807, 2.05) is 0 Å². The summed E-state index contributed by atoms with van der Waals surface area (Å²) < 4.78 is 35.9. The molecule has 1 unspecified atom stereocenters. The van der Waals surface area contributed by atoms with Gasteiger partial charge in [-0.25, -0.2) is 0 Å². The Morgan fingerprint density at radius 1 is 1.06 bits per heavy atom. The van der Waals surface area contributed by atoms with E-state index in [0.29, 0.717) is 0 Å².